The van der Waals surface area contributed by atoms with E-state index >= 15 is 0 Å². The first-order chi connectivity index (χ1) is 16.4. The maximum absolute atomic E-state index is 13.2. The van der Waals surface area contributed by atoms with Crippen LogP contribution >= 0.6 is 12.2 Å². The van der Waals surface area contributed by atoms with Crippen LogP contribution in [0.3, 0.4) is 0 Å². The van der Waals surface area contributed by atoms with Crippen molar-refractivity contribution in [3.8, 4) is 11.5 Å². The van der Waals surface area contributed by atoms with E-state index in [1.54, 1.807) is 30.3 Å². The maximum Gasteiger partial charge on any atom is 0.307 e. The minimum absolute atomic E-state index is 0.0982. The highest BCUT2D eigenvalue weighted by Gasteiger charge is 2.33. The van der Waals surface area contributed by atoms with Crippen LogP contribution in [0, 0.1) is 10.1 Å². The fourth-order valence-corrected chi connectivity index (χ4v) is 3.85. The minimum atomic E-state index is -0.503. The molecular formula is C23H21N5O5S. The van der Waals surface area contributed by atoms with E-state index in [0.717, 1.165) is 11.1 Å². The predicted molar refractivity (Wildman–Crippen MR) is 130 cm³/mol. The number of anilines is 1. The summed E-state index contributed by atoms with van der Waals surface area (Å²) in [4.78, 5) is 25.0. The largest absolute Gasteiger partial charge is 0.496 e. The van der Waals surface area contributed by atoms with E-state index in [-0.39, 0.29) is 23.3 Å². The van der Waals surface area contributed by atoms with Gasteiger partial charge in [0.1, 0.15) is 29.6 Å². The molecule has 0 aliphatic carbocycles. The quantitative estimate of drug-likeness (QED) is 0.226. The molecule has 1 aliphatic heterocycles. The van der Waals surface area contributed by atoms with Crippen LogP contribution in [0.25, 0.3) is 6.08 Å². The summed E-state index contributed by atoms with van der Waals surface area (Å²) >= 11 is 5.42. The number of nitrogens with zero attached hydrogens (tertiary/aromatic N) is 4. The SMILES string of the molecule is CCOc1ccccc1N1C(=O)/C(=C\c2ccc(OC)c(Cn3cc([N+](=O)[O-])cn3)c2)NC1=S. The molecule has 11 heteroatoms. The Hall–Kier alpha value is -4.25. The topological polar surface area (TPSA) is 112 Å². The number of aromatic nitrogens is 2. The number of benzene rings is 2. The summed E-state index contributed by atoms with van der Waals surface area (Å²) < 4.78 is 12.5. The van der Waals surface area contributed by atoms with Crippen LogP contribution in [-0.4, -0.2) is 39.4 Å². The number of carbonyl (C=O) groups is 1. The van der Waals surface area contributed by atoms with Crippen molar-refractivity contribution in [1.82, 2.24) is 15.1 Å². The van der Waals surface area contributed by atoms with Crippen LogP contribution in [0.2, 0.25) is 0 Å². The number of nitrogens with one attached hydrogen (secondary N) is 1. The van der Waals surface area contributed by atoms with E-state index in [2.05, 4.69) is 10.4 Å². The second-order valence-electron chi connectivity index (χ2n) is 7.25. The van der Waals surface area contributed by atoms with Crippen molar-refractivity contribution in [3.05, 3.63) is 81.8 Å². The molecule has 0 unspecified atom stereocenters. The van der Waals surface area contributed by atoms with Crippen molar-refractivity contribution in [1.29, 1.82) is 0 Å². The van der Waals surface area contributed by atoms with Gasteiger partial charge in [0, 0.05) is 5.56 Å². The molecule has 10 nitrogen and oxygen atoms in total. The van der Waals surface area contributed by atoms with E-state index in [1.807, 2.05) is 25.1 Å². The molecule has 1 aromatic heterocycles. The summed E-state index contributed by atoms with van der Waals surface area (Å²) in [6.07, 6.45) is 4.22. The molecule has 1 saturated heterocycles. The normalized spacial score (nSPS) is 14.4. The molecule has 174 valence electrons. The van der Waals surface area contributed by atoms with E-state index in [1.165, 1.54) is 29.1 Å². The van der Waals surface area contributed by atoms with Crippen LogP contribution in [0.1, 0.15) is 18.1 Å². The van der Waals surface area contributed by atoms with Crippen molar-refractivity contribution in [2.45, 2.75) is 13.5 Å². The van der Waals surface area contributed by atoms with Crippen molar-refractivity contribution in [3.63, 3.8) is 0 Å². The van der Waals surface area contributed by atoms with Gasteiger partial charge >= 0.3 is 5.69 Å². The molecule has 0 atom stereocenters. The fourth-order valence-electron chi connectivity index (χ4n) is 3.56. The van der Waals surface area contributed by atoms with Gasteiger partial charge in [-0.2, -0.15) is 5.10 Å². The van der Waals surface area contributed by atoms with Crippen LogP contribution in [0.5, 0.6) is 11.5 Å². The lowest BCUT2D eigenvalue weighted by Gasteiger charge is -2.17. The monoisotopic (exact) mass is 479 g/mol. The van der Waals surface area contributed by atoms with E-state index in [4.69, 9.17) is 21.7 Å². The Balaban J connectivity index is 1.62. The lowest BCUT2D eigenvalue weighted by Crippen LogP contribution is -2.30. The molecule has 2 heterocycles. The van der Waals surface area contributed by atoms with Gasteiger partial charge in [-0.15, -0.1) is 0 Å². The summed E-state index contributed by atoms with van der Waals surface area (Å²) in [6, 6.07) is 12.6. The van der Waals surface area contributed by atoms with Gasteiger partial charge in [0.05, 0.1) is 30.9 Å². The smallest absolute Gasteiger partial charge is 0.307 e. The first kappa shape index (κ1) is 22.9. The molecular weight excluding hydrogens is 458 g/mol. The Morgan fingerprint density at radius 3 is 2.74 bits per heavy atom. The van der Waals surface area contributed by atoms with E-state index in [0.29, 0.717) is 29.5 Å². The van der Waals surface area contributed by atoms with Gasteiger partial charge in [-0.05, 0) is 55.0 Å². The summed E-state index contributed by atoms with van der Waals surface area (Å²) in [5.41, 5.74) is 2.23. The number of amides is 1. The summed E-state index contributed by atoms with van der Waals surface area (Å²) in [6.45, 7) is 2.57. The van der Waals surface area contributed by atoms with E-state index in [9.17, 15) is 14.9 Å². The Bertz CT molecular complexity index is 1300. The minimum Gasteiger partial charge on any atom is -0.496 e. The van der Waals surface area contributed by atoms with Gasteiger partial charge in [-0.3, -0.25) is 19.6 Å². The highest BCUT2D eigenvalue weighted by molar-refractivity contribution is 7.80. The molecule has 0 spiro atoms. The molecule has 1 N–H and O–H groups in total. The van der Waals surface area contributed by atoms with Gasteiger partial charge in [0.25, 0.3) is 5.91 Å². The van der Waals surface area contributed by atoms with Gasteiger partial charge in [0.15, 0.2) is 5.11 Å². The van der Waals surface area contributed by atoms with Crippen molar-refractivity contribution < 1.29 is 19.2 Å². The summed E-state index contributed by atoms with van der Waals surface area (Å²) in [5, 5.41) is 18.2. The van der Waals surface area contributed by atoms with Gasteiger partial charge < -0.3 is 14.8 Å². The number of nitro groups is 1. The van der Waals surface area contributed by atoms with Crippen LogP contribution in [-0.2, 0) is 11.3 Å². The Morgan fingerprint density at radius 1 is 1.24 bits per heavy atom. The van der Waals surface area contributed by atoms with Gasteiger partial charge in [0.2, 0.25) is 0 Å². The predicted octanol–water partition coefficient (Wildman–Crippen LogP) is 3.51. The van der Waals surface area contributed by atoms with Gasteiger partial charge in [-0.1, -0.05) is 18.2 Å². The number of hydrogen-bond acceptors (Lipinski definition) is 7. The molecule has 34 heavy (non-hydrogen) atoms. The average molecular weight is 480 g/mol. The Kier molecular flexibility index (Phi) is 6.55. The molecule has 0 bridgehead atoms. The molecule has 3 aromatic rings. The molecule has 1 amide bonds. The van der Waals surface area contributed by atoms with Gasteiger partial charge in [-0.25, -0.2) is 4.90 Å². The number of rotatable bonds is 8. The molecule has 2 aromatic carbocycles. The van der Waals surface area contributed by atoms with Crippen LogP contribution in [0.4, 0.5) is 11.4 Å². The molecule has 0 saturated carbocycles. The highest BCUT2D eigenvalue weighted by Crippen LogP contribution is 2.32. The number of hydrogen-bond donors (Lipinski definition) is 1. The van der Waals surface area contributed by atoms with Crippen molar-refractivity contribution >= 4 is 40.7 Å². The number of ether oxygens (including phenoxy) is 2. The zero-order chi connectivity index (χ0) is 24.2. The number of carbonyl (C=O) groups excluding carboxylic acids is 1. The number of para-hydroxylation sites is 2. The zero-order valence-corrected chi connectivity index (χ0v) is 19.2. The summed E-state index contributed by atoms with van der Waals surface area (Å²) in [5.74, 6) is 0.842. The first-order valence-electron chi connectivity index (χ1n) is 10.3. The lowest BCUT2D eigenvalue weighted by atomic mass is 10.1. The number of thiocarbonyl (C=S) groups is 1. The Labute approximate surface area is 200 Å². The first-order valence-corrected chi connectivity index (χ1v) is 10.7. The second-order valence-corrected chi connectivity index (χ2v) is 7.64. The summed E-state index contributed by atoms with van der Waals surface area (Å²) in [7, 11) is 1.54. The second kappa shape index (κ2) is 9.71. The average Bonchev–Trinajstić information content (AvgIpc) is 3.39. The third-order valence-corrected chi connectivity index (χ3v) is 5.35. The molecule has 1 fully saturated rings. The maximum atomic E-state index is 13.2. The third-order valence-electron chi connectivity index (χ3n) is 5.06. The van der Waals surface area contributed by atoms with Crippen molar-refractivity contribution in [2.75, 3.05) is 18.6 Å². The third kappa shape index (κ3) is 4.59. The van der Waals surface area contributed by atoms with Crippen molar-refractivity contribution in [2.24, 2.45) is 0 Å². The standard InChI is InChI=1S/C23H21N5O5S/c1-3-33-21-7-5-4-6-19(21)27-22(29)18(25-23(27)34)11-15-8-9-20(32-2)16(10-15)13-26-14-17(12-24-26)28(30)31/h4-12,14H,3,13H2,1-2H3,(H,25,34)/b18-11+. The molecule has 0 radical (unpaired) electrons. The number of methoxy groups -OCH3 is 1. The van der Waals surface area contributed by atoms with Crippen LogP contribution in [0.15, 0.2) is 60.6 Å². The molecule has 1 aliphatic rings. The van der Waals surface area contributed by atoms with Crippen LogP contribution < -0.4 is 19.7 Å². The Morgan fingerprint density at radius 2 is 2.03 bits per heavy atom. The fraction of sp³-hybridized carbons (Fsp3) is 0.174. The van der Waals surface area contributed by atoms with E-state index < -0.39 is 4.92 Å². The lowest BCUT2D eigenvalue weighted by molar-refractivity contribution is -0.385. The zero-order valence-electron chi connectivity index (χ0n) is 18.4. The molecule has 4 rings (SSSR count). The highest BCUT2D eigenvalue weighted by atomic mass is 32.1.